The Balaban J connectivity index is 1.75. The van der Waals surface area contributed by atoms with Gasteiger partial charge >= 0.3 is 0 Å². The van der Waals surface area contributed by atoms with Crippen LogP contribution in [0.5, 0.6) is 11.5 Å². The number of nitrogen functional groups attached to an aromatic ring is 1. The minimum absolute atomic E-state index is 0.270. The molecule has 3 rings (SSSR count). The summed E-state index contributed by atoms with van der Waals surface area (Å²) in [5.74, 6) is 1.52. The highest BCUT2D eigenvalue weighted by molar-refractivity contribution is 6.42. The average Bonchev–Trinajstić information content (AvgIpc) is 2.89. The Morgan fingerprint density at radius 3 is 2.65 bits per heavy atom. The van der Waals surface area contributed by atoms with Crippen LogP contribution in [0.1, 0.15) is 5.56 Å². The molecule has 0 unspecified atom stereocenters. The van der Waals surface area contributed by atoms with Gasteiger partial charge in [-0.15, -0.1) is 0 Å². The highest BCUT2D eigenvalue weighted by Crippen LogP contribution is 2.34. The van der Waals surface area contributed by atoms with E-state index in [4.69, 9.17) is 38.4 Å². The standard InChI is InChI=1S/C14H12Cl2N2O2/c15-9-4-11(17)12(5-10(9)16)18-6-8-1-2-13-14(3-8)20-7-19-13/h1-5,18H,6-7,17H2. The Morgan fingerprint density at radius 2 is 1.80 bits per heavy atom. The van der Waals surface area contributed by atoms with Crippen LogP contribution in [0.4, 0.5) is 11.4 Å². The van der Waals surface area contributed by atoms with Crippen LogP contribution in [0.25, 0.3) is 0 Å². The highest BCUT2D eigenvalue weighted by atomic mass is 35.5. The topological polar surface area (TPSA) is 56.5 Å². The molecule has 1 aliphatic heterocycles. The Hall–Kier alpha value is -1.78. The van der Waals surface area contributed by atoms with Gasteiger partial charge in [-0.3, -0.25) is 0 Å². The van der Waals surface area contributed by atoms with Crippen LogP contribution in [-0.4, -0.2) is 6.79 Å². The molecule has 3 N–H and O–H groups in total. The van der Waals surface area contributed by atoms with Crippen molar-refractivity contribution in [2.45, 2.75) is 6.54 Å². The lowest BCUT2D eigenvalue weighted by molar-refractivity contribution is 0.174. The minimum atomic E-state index is 0.270. The summed E-state index contributed by atoms with van der Waals surface area (Å²) in [6, 6.07) is 9.13. The first-order valence-corrected chi connectivity index (χ1v) is 6.76. The number of anilines is 2. The maximum atomic E-state index is 5.98. The molecular weight excluding hydrogens is 299 g/mol. The lowest BCUT2D eigenvalue weighted by atomic mass is 10.2. The van der Waals surface area contributed by atoms with E-state index in [-0.39, 0.29) is 6.79 Å². The summed E-state index contributed by atoms with van der Waals surface area (Å²) in [6.07, 6.45) is 0. The molecule has 0 atom stereocenters. The smallest absolute Gasteiger partial charge is 0.231 e. The lowest BCUT2D eigenvalue weighted by Crippen LogP contribution is -2.02. The number of rotatable bonds is 3. The average molecular weight is 311 g/mol. The van der Waals surface area contributed by atoms with Crippen LogP contribution < -0.4 is 20.5 Å². The van der Waals surface area contributed by atoms with E-state index in [1.54, 1.807) is 12.1 Å². The van der Waals surface area contributed by atoms with Crippen molar-refractivity contribution in [2.24, 2.45) is 0 Å². The fourth-order valence-electron chi connectivity index (χ4n) is 1.96. The van der Waals surface area contributed by atoms with Crippen molar-refractivity contribution in [1.82, 2.24) is 0 Å². The van der Waals surface area contributed by atoms with Crippen LogP contribution in [0.2, 0.25) is 10.0 Å². The molecule has 0 radical (unpaired) electrons. The Kier molecular flexibility index (Phi) is 3.51. The van der Waals surface area contributed by atoms with Crippen molar-refractivity contribution in [2.75, 3.05) is 17.8 Å². The number of halogens is 2. The summed E-state index contributed by atoms with van der Waals surface area (Å²) in [5.41, 5.74) is 8.25. The fraction of sp³-hybridized carbons (Fsp3) is 0.143. The number of fused-ring (bicyclic) bond motifs is 1. The van der Waals surface area contributed by atoms with Crippen LogP contribution in [0, 0.1) is 0 Å². The first kappa shape index (κ1) is 13.2. The van der Waals surface area contributed by atoms with Crippen LogP contribution in [-0.2, 0) is 6.54 Å². The lowest BCUT2D eigenvalue weighted by Gasteiger charge is -2.11. The molecule has 2 aromatic rings. The third-order valence-corrected chi connectivity index (χ3v) is 3.73. The van der Waals surface area contributed by atoms with Gasteiger partial charge in [-0.1, -0.05) is 29.3 Å². The molecule has 0 saturated carbocycles. The van der Waals surface area contributed by atoms with Crippen molar-refractivity contribution >= 4 is 34.6 Å². The molecule has 0 aliphatic carbocycles. The van der Waals surface area contributed by atoms with Gasteiger partial charge in [0.05, 0.1) is 21.4 Å². The summed E-state index contributed by atoms with van der Waals surface area (Å²) in [6.45, 7) is 0.866. The monoisotopic (exact) mass is 310 g/mol. The molecule has 0 saturated heterocycles. The molecular formula is C14H12Cl2N2O2. The molecule has 0 fully saturated rings. The minimum Gasteiger partial charge on any atom is -0.454 e. The second kappa shape index (κ2) is 5.31. The number of hydrogen-bond donors (Lipinski definition) is 2. The zero-order valence-corrected chi connectivity index (χ0v) is 12.0. The fourth-order valence-corrected chi connectivity index (χ4v) is 2.30. The zero-order chi connectivity index (χ0) is 14.1. The number of nitrogens with one attached hydrogen (secondary N) is 1. The summed E-state index contributed by atoms with van der Waals surface area (Å²) in [5, 5.41) is 4.13. The van der Waals surface area contributed by atoms with Gasteiger partial charge in [0.2, 0.25) is 6.79 Å². The van der Waals surface area contributed by atoms with E-state index in [1.807, 2.05) is 18.2 Å². The van der Waals surface area contributed by atoms with Gasteiger partial charge in [0, 0.05) is 6.54 Å². The SMILES string of the molecule is Nc1cc(Cl)c(Cl)cc1NCc1ccc2c(c1)OCO2. The normalized spacial score (nSPS) is 12.5. The first-order chi connectivity index (χ1) is 9.63. The third-order valence-electron chi connectivity index (χ3n) is 3.01. The number of benzene rings is 2. The largest absolute Gasteiger partial charge is 0.454 e. The number of hydrogen-bond acceptors (Lipinski definition) is 4. The summed E-state index contributed by atoms with van der Waals surface area (Å²) in [4.78, 5) is 0. The predicted octanol–water partition coefficient (Wildman–Crippen LogP) is 3.92. The zero-order valence-electron chi connectivity index (χ0n) is 10.5. The van der Waals surface area contributed by atoms with E-state index in [9.17, 15) is 0 Å². The van der Waals surface area contributed by atoms with Crippen molar-refractivity contribution in [3.05, 3.63) is 45.9 Å². The van der Waals surface area contributed by atoms with Gasteiger partial charge in [-0.25, -0.2) is 0 Å². The molecule has 0 aromatic heterocycles. The van der Waals surface area contributed by atoms with E-state index in [2.05, 4.69) is 5.32 Å². The summed E-state index contributed by atoms with van der Waals surface area (Å²) in [7, 11) is 0. The number of nitrogens with two attached hydrogens (primary N) is 1. The molecule has 1 heterocycles. The highest BCUT2D eigenvalue weighted by Gasteiger charge is 2.13. The van der Waals surface area contributed by atoms with Crippen molar-refractivity contribution in [3.63, 3.8) is 0 Å². The molecule has 2 aromatic carbocycles. The van der Waals surface area contributed by atoms with Gasteiger partial charge < -0.3 is 20.5 Å². The van der Waals surface area contributed by atoms with Gasteiger partial charge in [0.25, 0.3) is 0 Å². The van der Waals surface area contributed by atoms with Gasteiger partial charge in [-0.05, 0) is 29.8 Å². The Morgan fingerprint density at radius 1 is 1.05 bits per heavy atom. The maximum Gasteiger partial charge on any atom is 0.231 e. The molecule has 104 valence electrons. The Labute approximate surface area is 126 Å². The molecule has 6 heteroatoms. The first-order valence-electron chi connectivity index (χ1n) is 6.00. The van der Waals surface area contributed by atoms with Gasteiger partial charge in [0.15, 0.2) is 11.5 Å². The summed E-state index contributed by atoms with van der Waals surface area (Å²) >= 11 is 11.9. The van der Waals surface area contributed by atoms with Crippen LogP contribution >= 0.6 is 23.2 Å². The molecule has 1 aliphatic rings. The van der Waals surface area contributed by atoms with Crippen molar-refractivity contribution in [1.29, 1.82) is 0 Å². The third kappa shape index (κ3) is 2.57. The van der Waals surface area contributed by atoms with E-state index < -0.39 is 0 Å². The van der Waals surface area contributed by atoms with Gasteiger partial charge in [0.1, 0.15) is 0 Å². The van der Waals surface area contributed by atoms with E-state index in [0.717, 1.165) is 22.7 Å². The predicted molar refractivity (Wildman–Crippen MR) is 80.8 cm³/mol. The molecule has 20 heavy (non-hydrogen) atoms. The second-order valence-corrected chi connectivity index (χ2v) is 5.21. The molecule has 4 nitrogen and oxygen atoms in total. The quantitative estimate of drug-likeness (QED) is 0.844. The molecule has 0 amide bonds. The van der Waals surface area contributed by atoms with Crippen molar-refractivity contribution < 1.29 is 9.47 Å². The van der Waals surface area contributed by atoms with E-state index >= 15 is 0 Å². The summed E-state index contributed by atoms with van der Waals surface area (Å²) < 4.78 is 10.6. The van der Waals surface area contributed by atoms with Crippen LogP contribution in [0.3, 0.4) is 0 Å². The molecule has 0 spiro atoms. The molecule has 0 bridgehead atoms. The number of ether oxygens (including phenoxy) is 2. The second-order valence-electron chi connectivity index (χ2n) is 4.39. The van der Waals surface area contributed by atoms with E-state index in [0.29, 0.717) is 22.3 Å². The Bertz CT molecular complexity index is 662. The van der Waals surface area contributed by atoms with Crippen LogP contribution in [0.15, 0.2) is 30.3 Å². The van der Waals surface area contributed by atoms with Gasteiger partial charge in [-0.2, -0.15) is 0 Å². The maximum absolute atomic E-state index is 5.98. The van der Waals surface area contributed by atoms with E-state index in [1.165, 1.54) is 0 Å². The van der Waals surface area contributed by atoms with Crippen molar-refractivity contribution in [3.8, 4) is 11.5 Å².